The average molecular weight is 397 g/mol. The number of carbonyl (C=O) groups excluding carboxylic acids is 1. The first-order chi connectivity index (χ1) is 10.2. The highest BCUT2D eigenvalue weighted by molar-refractivity contribution is 9.10. The zero-order chi connectivity index (χ0) is 16.5. The molecule has 1 amide bonds. The quantitative estimate of drug-likeness (QED) is 0.666. The van der Waals surface area contributed by atoms with E-state index in [0.29, 0.717) is 0 Å². The smallest absolute Gasteiger partial charge is 0.322 e. The Balaban J connectivity index is 2.29. The predicted molar refractivity (Wildman–Crippen MR) is 78.5 cm³/mol. The molecule has 1 N–H and O–H groups in total. The minimum atomic E-state index is -4.56. The van der Waals surface area contributed by atoms with E-state index in [2.05, 4.69) is 21.2 Å². The van der Waals surface area contributed by atoms with Gasteiger partial charge in [0.25, 0.3) is 5.91 Å². The summed E-state index contributed by atoms with van der Waals surface area (Å²) < 4.78 is 51.2. The molecule has 0 aliphatic carbocycles. The van der Waals surface area contributed by atoms with E-state index in [-0.39, 0.29) is 20.7 Å². The normalized spacial score (nSPS) is 11.4. The molecule has 0 aromatic heterocycles. The molecule has 116 valence electrons. The molecule has 0 spiro atoms. The highest BCUT2D eigenvalue weighted by Crippen LogP contribution is 2.36. The summed E-state index contributed by atoms with van der Waals surface area (Å²) >= 11 is 8.53. The van der Waals surface area contributed by atoms with Crippen LogP contribution in [0, 0.1) is 5.82 Å². The Morgan fingerprint density at radius 3 is 2.41 bits per heavy atom. The van der Waals surface area contributed by atoms with Gasteiger partial charge in [0, 0.05) is 10.2 Å². The fourth-order valence-electron chi connectivity index (χ4n) is 1.69. The molecule has 2 aromatic carbocycles. The van der Waals surface area contributed by atoms with Crippen molar-refractivity contribution in [3.63, 3.8) is 0 Å². The molecule has 0 atom stereocenters. The number of alkyl halides is 3. The molecular weight excluding hydrogens is 390 g/mol. The molecular formula is C14H7BrClF4NO. The molecule has 2 rings (SSSR count). The average Bonchev–Trinajstić information content (AvgIpc) is 2.39. The van der Waals surface area contributed by atoms with Gasteiger partial charge in [-0.05, 0) is 36.4 Å². The van der Waals surface area contributed by atoms with E-state index in [1.54, 1.807) is 0 Å². The molecule has 0 unspecified atom stereocenters. The number of rotatable bonds is 2. The SMILES string of the molecule is O=C(Nc1ccc(Br)c(C(F)(F)F)c1)c1ccc(F)cc1Cl. The van der Waals surface area contributed by atoms with E-state index in [0.717, 1.165) is 24.3 Å². The lowest BCUT2D eigenvalue weighted by Crippen LogP contribution is -2.14. The van der Waals surface area contributed by atoms with Gasteiger partial charge in [-0.1, -0.05) is 27.5 Å². The summed E-state index contributed by atoms with van der Waals surface area (Å²) in [5, 5.41) is 2.16. The molecule has 0 saturated heterocycles. The number of nitrogens with one attached hydrogen (secondary N) is 1. The van der Waals surface area contributed by atoms with Crippen molar-refractivity contribution >= 4 is 39.1 Å². The van der Waals surface area contributed by atoms with Crippen molar-refractivity contribution in [3.05, 3.63) is 62.8 Å². The van der Waals surface area contributed by atoms with Gasteiger partial charge < -0.3 is 5.32 Å². The molecule has 0 bridgehead atoms. The number of amides is 1. The van der Waals surface area contributed by atoms with Crippen LogP contribution in [0.3, 0.4) is 0 Å². The third-order valence-electron chi connectivity index (χ3n) is 2.71. The zero-order valence-corrected chi connectivity index (χ0v) is 13.0. The van der Waals surface area contributed by atoms with Gasteiger partial charge in [-0.25, -0.2) is 4.39 Å². The van der Waals surface area contributed by atoms with Crippen molar-refractivity contribution < 1.29 is 22.4 Å². The number of hydrogen-bond donors (Lipinski definition) is 1. The van der Waals surface area contributed by atoms with Gasteiger partial charge in [0.05, 0.1) is 16.1 Å². The van der Waals surface area contributed by atoms with Gasteiger partial charge in [0.1, 0.15) is 5.82 Å². The summed E-state index contributed by atoms with van der Waals surface area (Å²) in [6.45, 7) is 0. The van der Waals surface area contributed by atoms with E-state index < -0.39 is 23.5 Å². The van der Waals surface area contributed by atoms with E-state index >= 15 is 0 Å². The molecule has 8 heteroatoms. The lowest BCUT2D eigenvalue weighted by molar-refractivity contribution is -0.138. The van der Waals surface area contributed by atoms with Crippen LogP contribution in [0.1, 0.15) is 15.9 Å². The molecule has 22 heavy (non-hydrogen) atoms. The van der Waals surface area contributed by atoms with Crippen LogP contribution in [-0.4, -0.2) is 5.91 Å². The van der Waals surface area contributed by atoms with Crippen LogP contribution in [-0.2, 0) is 6.18 Å². The first-order valence-corrected chi connectivity index (χ1v) is 6.99. The van der Waals surface area contributed by atoms with Gasteiger partial charge in [-0.2, -0.15) is 13.2 Å². The summed E-state index contributed by atoms with van der Waals surface area (Å²) in [6.07, 6.45) is -4.56. The fraction of sp³-hybridized carbons (Fsp3) is 0.0714. The summed E-state index contributed by atoms with van der Waals surface area (Å²) in [4.78, 5) is 12.0. The van der Waals surface area contributed by atoms with Crippen molar-refractivity contribution in [3.8, 4) is 0 Å². The van der Waals surface area contributed by atoms with Gasteiger partial charge in [-0.3, -0.25) is 4.79 Å². The molecule has 0 radical (unpaired) electrons. The van der Waals surface area contributed by atoms with Crippen LogP contribution in [0.5, 0.6) is 0 Å². The second-order valence-corrected chi connectivity index (χ2v) is 5.53. The Kier molecular flexibility index (Phi) is 4.77. The monoisotopic (exact) mass is 395 g/mol. The maximum atomic E-state index is 12.9. The summed E-state index contributed by atoms with van der Waals surface area (Å²) in [7, 11) is 0. The predicted octanol–water partition coefficient (Wildman–Crippen LogP) is 5.51. The Morgan fingerprint density at radius 1 is 1.14 bits per heavy atom. The molecule has 0 saturated carbocycles. The molecule has 0 aliphatic rings. The third-order valence-corrected chi connectivity index (χ3v) is 3.71. The van der Waals surface area contributed by atoms with Crippen molar-refractivity contribution in [1.29, 1.82) is 0 Å². The summed E-state index contributed by atoms with van der Waals surface area (Å²) in [6, 6.07) is 6.39. The Hall–Kier alpha value is -1.60. The van der Waals surface area contributed by atoms with Crippen molar-refractivity contribution in [1.82, 2.24) is 0 Å². The number of anilines is 1. The number of hydrogen-bond acceptors (Lipinski definition) is 1. The van der Waals surface area contributed by atoms with E-state index in [1.807, 2.05) is 0 Å². The van der Waals surface area contributed by atoms with Crippen LogP contribution >= 0.6 is 27.5 Å². The largest absolute Gasteiger partial charge is 0.417 e. The van der Waals surface area contributed by atoms with E-state index in [1.165, 1.54) is 12.1 Å². The Bertz CT molecular complexity index is 733. The number of halogens is 6. The molecule has 2 nitrogen and oxygen atoms in total. The van der Waals surface area contributed by atoms with E-state index in [4.69, 9.17) is 11.6 Å². The van der Waals surface area contributed by atoms with E-state index in [9.17, 15) is 22.4 Å². The molecule has 2 aromatic rings. The fourth-order valence-corrected chi connectivity index (χ4v) is 2.42. The van der Waals surface area contributed by atoms with Gasteiger partial charge in [0.2, 0.25) is 0 Å². The zero-order valence-electron chi connectivity index (χ0n) is 10.6. The lowest BCUT2D eigenvalue weighted by Gasteiger charge is -2.12. The maximum absolute atomic E-state index is 12.9. The summed E-state index contributed by atoms with van der Waals surface area (Å²) in [5.74, 6) is -1.36. The summed E-state index contributed by atoms with van der Waals surface area (Å²) in [5.41, 5.74) is -1.02. The third kappa shape index (κ3) is 3.78. The second-order valence-electron chi connectivity index (χ2n) is 4.27. The highest BCUT2D eigenvalue weighted by atomic mass is 79.9. The van der Waals surface area contributed by atoms with Crippen LogP contribution < -0.4 is 5.32 Å². The first-order valence-electron chi connectivity index (χ1n) is 5.81. The Morgan fingerprint density at radius 2 is 1.82 bits per heavy atom. The van der Waals surface area contributed by atoms with Crippen molar-refractivity contribution in [2.45, 2.75) is 6.18 Å². The van der Waals surface area contributed by atoms with Gasteiger partial charge in [0.15, 0.2) is 0 Å². The Labute approximate surface area is 136 Å². The van der Waals surface area contributed by atoms with Crippen molar-refractivity contribution in [2.24, 2.45) is 0 Å². The van der Waals surface area contributed by atoms with Crippen molar-refractivity contribution in [2.75, 3.05) is 5.32 Å². The number of benzene rings is 2. The standard InChI is InChI=1S/C14H7BrClF4NO/c15-11-4-2-8(6-10(11)14(18,19)20)21-13(22)9-3-1-7(17)5-12(9)16/h1-6H,(H,21,22). The van der Waals surface area contributed by atoms with Crippen LogP contribution in [0.2, 0.25) is 5.02 Å². The van der Waals surface area contributed by atoms with Gasteiger partial charge >= 0.3 is 6.18 Å². The van der Waals surface area contributed by atoms with Gasteiger partial charge in [-0.15, -0.1) is 0 Å². The molecule has 0 fully saturated rings. The highest BCUT2D eigenvalue weighted by Gasteiger charge is 2.33. The maximum Gasteiger partial charge on any atom is 0.417 e. The molecule has 0 heterocycles. The number of carbonyl (C=O) groups is 1. The van der Waals surface area contributed by atoms with Crippen LogP contribution in [0.4, 0.5) is 23.2 Å². The first kappa shape index (κ1) is 16.8. The minimum absolute atomic E-state index is 0.0421. The van der Waals surface area contributed by atoms with Crippen LogP contribution in [0.15, 0.2) is 40.9 Å². The van der Waals surface area contributed by atoms with Crippen LogP contribution in [0.25, 0.3) is 0 Å². The minimum Gasteiger partial charge on any atom is -0.322 e. The second kappa shape index (κ2) is 6.26. The topological polar surface area (TPSA) is 29.1 Å². The molecule has 0 aliphatic heterocycles. The lowest BCUT2D eigenvalue weighted by atomic mass is 10.1.